The van der Waals surface area contributed by atoms with Crippen molar-refractivity contribution in [2.75, 3.05) is 0 Å². The summed E-state index contributed by atoms with van der Waals surface area (Å²) >= 11 is 0. The number of nitrogens with one attached hydrogen (secondary N) is 1. The molecule has 0 aromatic carbocycles. The fourth-order valence-corrected chi connectivity index (χ4v) is 3.31. The lowest BCUT2D eigenvalue weighted by Crippen LogP contribution is -2.38. The third kappa shape index (κ3) is 2.61. The highest BCUT2D eigenvalue weighted by Crippen LogP contribution is 2.41. The number of hydrogen-bond donors (Lipinski definition) is 1. The first kappa shape index (κ1) is 15.0. The van der Waals surface area contributed by atoms with Crippen molar-refractivity contribution in [3.63, 3.8) is 0 Å². The SMILES string of the molecule is Cc1cc(C)c(C[N+]2(c3ccnc(C4CC4)c3)C=CC=N2)c(=O)[nH]1. The number of aromatic amines is 1. The zero-order valence-corrected chi connectivity index (χ0v) is 14.0. The Morgan fingerprint density at radius 2 is 2.12 bits per heavy atom. The molecule has 0 bridgehead atoms. The van der Waals surface area contributed by atoms with Crippen LogP contribution in [-0.4, -0.2) is 16.2 Å². The van der Waals surface area contributed by atoms with Gasteiger partial charge in [-0.15, -0.1) is 4.59 Å². The summed E-state index contributed by atoms with van der Waals surface area (Å²) in [6, 6.07) is 6.15. The lowest BCUT2D eigenvalue weighted by Gasteiger charge is -2.26. The molecule has 0 spiro atoms. The van der Waals surface area contributed by atoms with E-state index >= 15 is 0 Å². The van der Waals surface area contributed by atoms with Crippen molar-refractivity contribution in [3.8, 4) is 0 Å². The van der Waals surface area contributed by atoms with Crippen LogP contribution in [0.2, 0.25) is 0 Å². The van der Waals surface area contributed by atoms with E-state index in [0.717, 1.165) is 28.2 Å². The van der Waals surface area contributed by atoms with Crippen molar-refractivity contribution < 1.29 is 0 Å². The normalized spacial score (nSPS) is 22.2. The number of H-pyrrole nitrogens is 1. The van der Waals surface area contributed by atoms with Gasteiger partial charge in [-0.1, -0.05) is 5.10 Å². The first-order valence-electron chi connectivity index (χ1n) is 8.34. The van der Waals surface area contributed by atoms with E-state index in [1.165, 1.54) is 12.8 Å². The van der Waals surface area contributed by atoms with Crippen LogP contribution in [0.3, 0.4) is 0 Å². The molecule has 1 unspecified atom stereocenters. The van der Waals surface area contributed by atoms with Gasteiger partial charge in [0.2, 0.25) is 0 Å². The Kier molecular flexibility index (Phi) is 3.46. The predicted molar refractivity (Wildman–Crippen MR) is 95.9 cm³/mol. The van der Waals surface area contributed by atoms with Gasteiger partial charge in [-0.3, -0.25) is 9.78 Å². The number of allylic oxidation sites excluding steroid dienone is 1. The van der Waals surface area contributed by atoms with Crippen molar-refractivity contribution in [2.45, 2.75) is 39.2 Å². The highest BCUT2D eigenvalue weighted by Gasteiger charge is 2.35. The minimum absolute atomic E-state index is 0.0306. The van der Waals surface area contributed by atoms with Crippen LogP contribution in [-0.2, 0) is 6.54 Å². The van der Waals surface area contributed by atoms with E-state index in [9.17, 15) is 4.79 Å². The Morgan fingerprint density at radius 3 is 2.79 bits per heavy atom. The Labute approximate surface area is 141 Å². The molecule has 1 N–H and O–H groups in total. The molecule has 0 radical (unpaired) electrons. The van der Waals surface area contributed by atoms with Gasteiger partial charge in [0.25, 0.3) is 5.56 Å². The van der Waals surface area contributed by atoms with Gasteiger partial charge in [0, 0.05) is 41.7 Å². The standard InChI is InChI=1S/C19H20N4O/c1-13-10-14(2)22-19(24)17(13)12-23(9-3-7-21-23)16-6-8-20-18(11-16)15-4-5-15/h3,6-11,15H,4-5,12H2,1-2H3/p+1. The average Bonchev–Trinajstić information content (AvgIpc) is 3.30. The Morgan fingerprint density at radius 1 is 1.29 bits per heavy atom. The van der Waals surface area contributed by atoms with E-state index in [2.05, 4.69) is 21.1 Å². The molecule has 1 aliphatic carbocycles. The number of nitrogens with zero attached hydrogens (tertiary/aromatic N) is 3. The molecule has 0 amide bonds. The Hall–Kier alpha value is -2.53. The van der Waals surface area contributed by atoms with E-state index < -0.39 is 0 Å². The molecule has 122 valence electrons. The predicted octanol–water partition coefficient (Wildman–Crippen LogP) is 3.28. The summed E-state index contributed by atoms with van der Waals surface area (Å²) in [5.74, 6) is 0.588. The zero-order valence-electron chi connectivity index (χ0n) is 14.0. The molecule has 1 fully saturated rings. The highest BCUT2D eigenvalue weighted by molar-refractivity contribution is 5.75. The maximum atomic E-state index is 12.5. The van der Waals surface area contributed by atoms with E-state index in [0.29, 0.717) is 12.5 Å². The van der Waals surface area contributed by atoms with Gasteiger partial charge < -0.3 is 4.98 Å². The number of rotatable bonds is 4. The third-order valence-corrected chi connectivity index (χ3v) is 4.79. The second-order valence-corrected chi connectivity index (χ2v) is 6.75. The summed E-state index contributed by atoms with van der Waals surface area (Å²) < 4.78 is 0.287. The molecule has 1 aliphatic heterocycles. The van der Waals surface area contributed by atoms with Gasteiger partial charge in [0.1, 0.15) is 12.7 Å². The highest BCUT2D eigenvalue weighted by atomic mass is 16.1. The lowest BCUT2D eigenvalue weighted by molar-refractivity contribution is 0.388. The van der Waals surface area contributed by atoms with Crippen LogP contribution < -0.4 is 10.2 Å². The minimum Gasteiger partial charge on any atom is -0.326 e. The van der Waals surface area contributed by atoms with Gasteiger partial charge in [-0.05, 0) is 38.3 Å². The maximum Gasteiger partial charge on any atom is 0.257 e. The van der Waals surface area contributed by atoms with Gasteiger partial charge in [-0.25, -0.2) is 0 Å². The number of aryl methyl sites for hydroxylation is 2. The second kappa shape index (κ2) is 5.53. The Balaban J connectivity index is 1.78. The van der Waals surface area contributed by atoms with Gasteiger partial charge in [0.05, 0.1) is 11.8 Å². The number of quaternary nitrogens is 1. The van der Waals surface area contributed by atoms with Gasteiger partial charge >= 0.3 is 0 Å². The molecular weight excluding hydrogens is 300 g/mol. The van der Waals surface area contributed by atoms with Crippen LogP contribution in [0, 0.1) is 13.8 Å². The van der Waals surface area contributed by atoms with Crippen molar-refractivity contribution in [3.05, 3.63) is 69.5 Å². The van der Waals surface area contributed by atoms with Crippen LogP contribution in [0.5, 0.6) is 0 Å². The molecule has 24 heavy (non-hydrogen) atoms. The van der Waals surface area contributed by atoms with Crippen LogP contribution in [0.15, 0.2) is 46.6 Å². The van der Waals surface area contributed by atoms with E-state index in [-0.39, 0.29) is 10.2 Å². The monoisotopic (exact) mass is 321 g/mol. The quantitative estimate of drug-likeness (QED) is 0.879. The number of hydrogen-bond acceptors (Lipinski definition) is 3. The summed E-state index contributed by atoms with van der Waals surface area (Å²) in [5.41, 5.74) is 4.81. The number of pyridine rings is 2. The molecule has 3 heterocycles. The first-order chi connectivity index (χ1) is 11.6. The van der Waals surface area contributed by atoms with E-state index in [4.69, 9.17) is 0 Å². The van der Waals surface area contributed by atoms with Gasteiger partial charge in [0.15, 0.2) is 5.69 Å². The van der Waals surface area contributed by atoms with Crippen LogP contribution >= 0.6 is 0 Å². The summed E-state index contributed by atoms with van der Waals surface area (Å²) in [6.07, 6.45) is 10.1. The molecule has 4 rings (SSSR count). The average molecular weight is 321 g/mol. The van der Waals surface area contributed by atoms with Crippen molar-refractivity contribution >= 4 is 11.9 Å². The molecule has 2 aliphatic rings. The molecule has 1 saturated carbocycles. The third-order valence-electron chi connectivity index (χ3n) is 4.79. The van der Waals surface area contributed by atoms with Crippen molar-refractivity contribution in [2.24, 2.45) is 5.10 Å². The fraction of sp³-hybridized carbons (Fsp3) is 0.316. The topological polar surface area (TPSA) is 58.1 Å². The summed E-state index contributed by atoms with van der Waals surface area (Å²) in [7, 11) is 0. The largest absolute Gasteiger partial charge is 0.326 e. The Bertz CT molecular complexity index is 894. The molecule has 5 heteroatoms. The second-order valence-electron chi connectivity index (χ2n) is 6.75. The number of aromatic nitrogens is 2. The van der Waals surface area contributed by atoms with Crippen molar-refractivity contribution in [1.29, 1.82) is 0 Å². The summed E-state index contributed by atoms with van der Waals surface area (Å²) in [6.45, 7) is 4.39. The summed E-state index contributed by atoms with van der Waals surface area (Å²) in [5, 5.41) is 4.68. The molecule has 1 atom stereocenters. The first-order valence-corrected chi connectivity index (χ1v) is 8.34. The maximum absolute atomic E-state index is 12.5. The van der Waals surface area contributed by atoms with Crippen LogP contribution in [0.4, 0.5) is 5.69 Å². The minimum atomic E-state index is -0.0306. The smallest absolute Gasteiger partial charge is 0.257 e. The van der Waals surface area contributed by atoms with Crippen LogP contribution in [0.25, 0.3) is 0 Å². The molecular formula is C19H21N4O+. The molecule has 2 aromatic heterocycles. The molecule has 0 saturated heterocycles. The fourth-order valence-electron chi connectivity index (χ4n) is 3.31. The van der Waals surface area contributed by atoms with E-state index in [1.54, 1.807) is 6.21 Å². The van der Waals surface area contributed by atoms with Gasteiger partial charge in [-0.2, -0.15) is 0 Å². The molecule has 5 nitrogen and oxygen atoms in total. The lowest BCUT2D eigenvalue weighted by atomic mass is 10.1. The van der Waals surface area contributed by atoms with Crippen LogP contribution in [0.1, 0.15) is 41.3 Å². The molecule has 2 aromatic rings. The zero-order chi connectivity index (χ0) is 16.7. The summed E-state index contributed by atoms with van der Waals surface area (Å²) in [4.78, 5) is 19.9. The van der Waals surface area contributed by atoms with E-state index in [1.807, 2.05) is 44.5 Å². The van der Waals surface area contributed by atoms with Crippen molar-refractivity contribution in [1.82, 2.24) is 14.6 Å².